The predicted molar refractivity (Wildman–Crippen MR) is 151 cm³/mol. The lowest BCUT2D eigenvalue weighted by Gasteiger charge is -2.29. The SMILES string of the molecule is CC(C(=O)NCCc1ccccc1)N(Cc1ccc(F)cc1)C(=O)COc1ccc(S(=O)(=O)N2CCOCC2)cc1. The summed E-state index contributed by atoms with van der Waals surface area (Å²) >= 11 is 0. The van der Waals surface area contributed by atoms with Gasteiger partial charge in [-0.15, -0.1) is 0 Å². The predicted octanol–water partition coefficient (Wildman–Crippen LogP) is 3.00. The summed E-state index contributed by atoms with van der Waals surface area (Å²) < 4.78 is 51.4. The van der Waals surface area contributed by atoms with Gasteiger partial charge in [0, 0.05) is 26.2 Å². The molecule has 4 rings (SSSR count). The van der Waals surface area contributed by atoms with Crippen molar-refractivity contribution in [3.05, 3.63) is 95.8 Å². The van der Waals surface area contributed by atoms with Gasteiger partial charge >= 0.3 is 0 Å². The number of hydrogen-bond acceptors (Lipinski definition) is 6. The van der Waals surface area contributed by atoms with E-state index in [0.29, 0.717) is 37.5 Å². The lowest BCUT2D eigenvalue weighted by atomic mass is 10.1. The van der Waals surface area contributed by atoms with Gasteiger partial charge in [-0.25, -0.2) is 12.8 Å². The Balaban J connectivity index is 1.39. The zero-order valence-electron chi connectivity index (χ0n) is 22.9. The van der Waals surface area contributed by atoms with E-state index in [1.165, 1.54) is 45.6 Å². The molecule has 1 heterocycles. The second kappa shape index (κ2) is 14.2. The summed E-state index contributed by atoms with van der Waals surface area (Å²) in [5.41, 5.74) is 1.73. The summed E-state index contributed by atoms with van der Waals surface area (Å²) in [5.74, 6) is -0.874. The van der Waals surface area contributed by atoms with Crippen molar-refractivity contribution in [2.45, 2.75) is 30.8 Å². The number of morpholine rings is 1. The average Bonchev–Trinajstić information content (AvgIpc) is 3.00. The number of amides is 2. The van der Waals surface area contributed by atoms with Crippen LogP contribution in [0.3, 0.4) is 0 Å². The van der Waals surface area contributed by atoms with Crippen LogP contribution < -0.4 is 10.1 Å². The van der Waals surface area contributed by atoms with Gasteiger partial charge in [0.25, 0.3) is 5.91 Å². The summed E-state index contributed by atoms with van der Waals surface area (Å²) in [7, 11) is -3.66. The molecule has 11 heteroatoms. The van der Waals surface area contributed by atoms with Crippen LogP contribution in [0, 0.1) is 5.82 Å². The third-order valence-corrected chi connectivity index (χ3v) is 8.70. The molecule has 1 aliphatic heterocycles. The summed E-state index contributed by atoms with van der Waals surface area (Å²) in [6.45, 7) is 3.01. The van der Waals surface area contributed by atoms with Gasteiger partial charge in [0.1, 0.15) is 17.6 Å². The Morgan fingerprint density at radius 1 is 0.976 bits per heavy atom. The molecule has 9 nitrogen and oxygen atoms in total. The van der Waals surface area contributed by atoms with Gasteiger partial charge < -0.3 is 19.7 Å². The van der Waals surface area contributed by atoms with Crippen molar-refractivity contribution in [3.8, 4) is 5.75 Å². The van der Waals surface area contributed by atoms with E-state index >= 15 is 0 Å². The van der Waals surface area contributed by atoms with Crippen LogP contribution in [0.4, 0.5) is 4.39 Å². The van der Waals surface area contributed by atoms with Crippen LogP contribution in [0.25, 0.3) is 0 Å². The fourth-order valence-corrected chi connectivity index (χ4v) is 5.77. The molecule has 3 aromatic carbocycles. The Morgan fingerprint density at radius 2 is 1.63 bits per heavy atom. The highest BCUT2D eigenvalue weighted by Gasteiger charge is 2.28. The standard InChI is InChI=1S/C30H34FN3O6S/c1-23(30(36)32-16-15-24-5-3-2-4-6-24)34(21-25-7-9-26(31)10-8-25)29(35)22-40-27-11-13-28(14-12-27)41(37,38)33-17-19-39-20-18-33/h2-14,23H,15-22H2,1H3,(H,32,36). The minimum atomic E-state index is -3.66. The molecule has 0 radical (unpaired) electrons. The molecular formula is C30H34FN3O6S. The Bertz CT molecular complexity index is 1400. The van der Waals surface area contributed by atoms with Gasteiger partial charge in [0.2, 0.25) is 15.9 Å². The number of sulfonamides is 1. The number of hydrogen-bond donors (Lipinski definition) is 1. The third kappa shape index (κ3) is 8.35. The lowest BCUT2D eigenvalue weighted by molar-refractivity contribution is -0.142. The molecule has 0 aliphatic carbocycles. The van der Waals surface area contributed by atoms with E-state index in [1.54, 1.807) is 19.1 Å². The van der Waals surface area contributed by atoms with Gasteiger partial charge in [-0.2, -0.15) is 4.31 Å². The first kappa shape index (κ1) is 30.2. The molecule has 1 fully saturated rings. The highest BCUT2D eigenvalue weighted by Crippen LogP contribution is 2.21. The monoisotopic (exact) mass is 583 g/mol. The molecule has 0 bridgehead atoms. The smallest absolute Gasteiger partial charge is 0.261 e. The van der Waals surface area contributed by atoms with Gasteiger partial charge in [-0.3, -0.25) is 9.59 Å². The van der Waals surface area contributed by atoms with E-state index in [0.717, 1.165) is 5.56 Å². The zero-order valence-corrected chi connectivity index (χ0v) is 23.7. The van der Waals surface area contributed by atoms with Crippen molar-refractivity contribution in [2.24, 2.45) is 0 Å². The zero-order chi connectivity index (χ0) is 29.2. The van der Waals surface area contributed by atoms with Crippen molar-refractivity contribution in [3.63, 3.8) is 0 Å². The second-order valence-electron chi connectivity index (χ2n) is 9.63. The first-order valence-corrected chi connectivity index (χ1v) is 14.8. The van der Waals surface area contributed by atoms with E-state index in [9.17, 15) is 22.4 Å². The normalized spacial score (nSPS) is 14.7. The fourth-order valence-electron chi connectivity index (χ4n) is 4.36. The Kier molecular flexibility index (Phi) is 10.4. The number of ether oxygens (including phenoxy) is 2. The maximum atomic E-state index is 13.5. The van der Waals surface area contributed by atoms with E-state index < -0.39 is 27.8 Å². The van der Waals surface area contributed by atoms with Crippen LogP contribution >= 0.6 is 0 Å². The number of carbonyl (C=O) groups excluding carboxylic acids is 2. The summed E-state index contributed by atoms with van der Waals surface area (Å²) in [5, 5.41) is 2.88. The number of rotatable bonds is 12. The second-order valence-corrected chi connectivity index (χ2v) is 11.6. The van der Waals surface area contributed by atoms with Crippen LogP contribution in [-0.2, 0) is 37.3 Å². The van der Waals surface area contributed by atoms with E-state index in [2.05, 4.69) is 5.32 Å². The molecule has 2 amide bonds. The molecule has 41 heavy (non-hydrogen) atoms. The largest absolute Gasteiger partial charge is 0.484 e. The van der Waals surface area contributed by atoms with Crippen LogP contribution in [0.15, 0.2) is 83.8 Å². The maximum Gasteiger partial charge on any atom is 0.261 e. The van der Waals surface area contributed by atoms with Crippen molar-refractivity contribution < 1.29 is 31.9 Å². The van der Waals surface area contributed by atoms with E-state index in [-0.39, 0.29) is 37.0 Å². The Hall–Kier alpha value is -3.80. The van der Waals surface area contributed by atoms with Gasteiger partial charge in [0.15, 0.2) is 6.61 Å². The molecule has 0 spiro atoms. The molecule has 218 valence electrons. The number of halogens is 1. The van der Waals surface area contributed by atoms with Gasteiger partial charge in [-0.05, 0) is 60.9 Å². The fraction of sp³-hybridized carbons (Fsp3) is 0.333. The first-order valence-electron chi connectivity index (χ1n) is 13.4. The van der Waals surface area contributed by atoms with Crippen LogP contribution in [-0.4, -0.2) is 74.9 Å². The number of benzene rings is 3. The van der Waals surface area contributed by atoms with Crippen molar-refractivity contribution >= 4 is 21.8 Å². The average molecular weight is 584 g/mol. The quantitative estimate of drug-likeness (QED) is 0.352. The molecule has 1 unspecified atom stereocenters. The third-order valence-electron chi connectivity index (χ3n) is 6.78. The highest BCUT2D eigenvalue weighted by molar-refractivity contribution is 7.89. The molecule has 3 aromatic rings. The molecule has 1 N–H and O–H groups in total. The number of nitrogens with zero attached hydrogens (tertiary/aromatic N) is 2. The lowest BCUT2D eigenvalue weighted by Crippen LogP contribution is -2.49. The van der Waals surface area contributed by atoms with Crippen LogP contribution in [0.2, 0.25) is 0 Å². The van der Waals surface area contributed by atoms with E-state index in [1.807, 2.05) is 30.3 Å². The van der Waals surface area contributed by atoms with Crippen molar-refractivity contribution in [1.82, 2.24) is 14.5 Å². The molecule has 0 saturated carbocycles. The topological polar surface area (TPSA) is 105 Å². The van der Waals surface area contributed by atoms with Gasteiger partial charge in [-0.1, -0.05) is 42.5 Å². The number of carbonyl (C=O) groups is 2. The van der Waals surface area contributed by atoms with Crippen LogP contribution in [0.5, 0.6) is 5.75 Å². The minimum Gasteiger partial charge on any atom is -0.484 e. The van der Waals surface area contributed by atoms with Crippen molar-refractivity contribution in [2.75, 3.05) is 39.5 Å². The minimum absolute atomic E-state index is 0.0759. The van der Waals surface area contributed by atoms with Gasteiger partial charge in [0.05, 0.1) is 18.1 Å². The molecular weight excluding hydrogens is 549 g/mol. The summed E-state index contributed by atoms with van der Waals surface area (Å²) in [4.78, 5) is 27.8. The Morgan fingerprint density at radius 3 is 2.29 bits per heavy atom. The maximum absolute atomic E-state index is 13.5. The highest BCUT2D eigenvalue weighted by atomic mass is 32.2. The number of nitrogens with one attached hydrogen (secondary N) is 1. The van der Waals surface area contributed by atoms with Crippen molar-refractivity contribution in [1.29, 1.82) is 0 Å². The first-order chi connectivity index (χ1) is 19.7. The molecule has 1 atom stereocenters. The van der Waals surface area contributed by atoms with E-state index in [4.69, 9.17) is 9.47 Å². The summed E-state index contributed by atoms with van der Waals surface area (Å²) in [6.07, 6.45) is 0.644. The molecule has 0 aromatic heterocycles. The summed E-state index contributed by atoms with van der Waals surface area (Å²) in [6, 6.07) is 20.5. The Labute approximate surface area is 239 Å². The molecule has 1 saturated heterocycles. The van der Waals surface area contributed by atoms with Crippen LogP contribution in [0.1, 0.15) is 18.1 Å². The molecule has 1 aliphatic rings.